The van der Waals surface area contributed by atoms with Crippen molar-refractivity contribution in [3.05, 3.63) is 59.7 Å². The lowest BCUT2D eigenvalue weighted by Crippen LogP contribution is -2.54. The van der Waals surface area contributed by atoms with Crippen LogP contribution in [0, 0.1) is 11.8 Å². The second-order valence-electron chi connectivity index (χ2n) is 17.9. The molecule has 1 saturated heterocycles. The van der Waals surface area contributed by atoms with Crippen molar-refractivity contribution >= 4 is 82.8 Å². The zero-order valence-electron chi connectivity index (χ0n) is 43.8. The zero-order valence-corrected chi connectivity index (χ0v) is 43.8. The van der Waals surface area contributed by atoms with E-state index in [0.717, 1.165) is 11.1 Å². The number of esters is 4. The molecule has 76 heavy (non-hydrogen) atoms. The van der Waals surface area contributed by atoms with Gasteiger partial charge in [-0.25, -0.2) is 9.59 Å². The van der Waals surface area contributed by atoms with Crippen molar-refractivity contribution in [2.24, 2.45) is 29.0 Å². The molecule has 0 aromatic heterocycles. The van der Waals surface area contributed by atoms with Crippen LogP contribution < -0.4 is 54.4 Å². The topological polar surface area (TPSA) is 415 Å². The van der Waals surface area contributed by atoms with Gasteiger partial charge in [0, 0.05) is 64.0 Å². The van der Waals surface area contributed by atoms with Gasteiger partial charge in [0.2, 0.25) is 29.5 Å². The fraction of sp³-hybridized carbons (Fsp3) is 0.520. The normalized spacial score (nSPS) is 13.2. The summed E-state index contributed by atoms with van der Waals surface area (Å²) in [6.45, 7) is 10.4. The van der Waals surface area contributed by atoms with E-state index in [0.29, 0.717) is 43.5 Å². The minimum absolute atomic E-state index is 0.0566. The molecule has 0 saturated carbocycles. The van der Waals surface area contributed by atoms with Crippen LogP contribution in [0.25, 0.3) is 0 Å². The van der Waals surface area contributed by atoms with Crippen molar-refractivity contribution in [2.45, 2.75) is 143 Å². The predicted molar refractivity (Wildman–Crippen MR) is 275 cm³/mol. The Morgan fingerprint density at radius 3 is 1.36 bits per heavy atom. The smallest absolute Gasteiger partial charge is 0.313 e. The Labute approximate surface area is 440 Å². The highest BCUT2D eigenvalue weighted by molar-refractivity contribution is 5.99. The minimum Gasteiger partial charge on any atom is -0.481 e. The molecule has 14 N–H and O–H groups in total. The number of amides is 9. The molecule has 9 amide bonds. The fourth-order valence-corrected chi connectivity index (χ4v) is 6.39. The van der Waals surface area contributed by atoms with Crippen molar-refractivity contribution in [1.29, 1.82) is 0 Å². The summed E-state index contributed by atoms with van der Waals surface area (Å²) in [5.74, 6) is -5.39. The second kappa shape index (κ2) is 35.9. The number of carbonyl (C=O) groups is 12. The Morgan fingerprint density at radius 2 is 1.01 bits per heavy atom. The zero-order chi connectivity index (χ0) is 57.3. The summed E-state index contributed by atoms with van der Waals surface area (Å²) in [5.41, 5.74) is 18.4. The quantitative estimate of drug-likeness (QED) is 0.0263. The van der Waals surface area contributed by atoms with E-state index in [-0.39, 0.29) is 88.2 Å². The number of anilines is 2. The SMILES string of the molecule is CC(=O)OCc1ccc(NC(=O)[C@H](CCCNC(N)=O)NC(=O)[C@@H](N)C(C)C)cc1.CC(=O)OCc1ccc(NC(=O)[C@H](CCCNC(N)=O)NC(=O)[C@@H](NC(=O)CCCC(=O)O)C(C)C)cc1.O=C1CCCC(=O)O1. The molecular formula is C50H74N10O16. The molecule has 0 aliphatic carbocycles. The highest BCUT2D eigenvalue weighted by Gasteiger charge is 2.29. The average molecular weight is 1070 g/mol. The molecule has 0 bridgehead atoms. The van der Waals surface area contributed by atoms with E-state index in [9.17, 15) is 57.5 Å². The Bertz CT molecular complexity index is 2260. The van der Waals surface area contributed by atoms with E-state index in [2.05, 4.69) is 42.0 Å². The van der Waals surface area contributed by atoms with Crippen LogP contribution in [0.2, 0.25) is 0 Å². The van der Waals surface area contributed by atoms with Crippen LogP contribution >= 0.6 is 0 Å². The van der Waals surface area contributed by atoms with Crippen LogP contribution in [0.5, 0.6) is 0 Å². The number of carbonyl (C=O) groups excluding carboxylic acids is 11. The number of primary amides is 2. The maximum Gasteiger partial charge on any atom is 0.313 e. The number of nitrogens with two attached hydrogens (primary N) is 3. The van der Waals surface area contributed by atoms with Crippen LogP contribution in [-0.4, -0.2) is 114 Å². The van der Waals surface area contributed by atoms with Crippen LogP contribution in [-0.2, 0) is 75.4 Å². The lowest BCUT2D eigenvalue weighted by molar-refractivity contribution is -0.163. The molecule has 26 heteroatoms. The van der Waals surface area contributed by atoms with Crippen molar-refractivity contribution < 1.29 is 76.9 Å². The molecule has 0 unspecified atom stereocenters. The van der Waals surface area contributed by atoms with Crippen molar-refractivity contribution in [3.8, 4) is 0 Å². The third kappa shape index (κ3) is 30.1. The number of carboxylic acids is 1. The molecule has 0 radical (unpaired) electrons. The number of urea groups is 2. The summed E-state index contributed by atoms with van der Waals surface area (Å²) in [6, 6.07) is 8.48. The van der Waals surface area contributed by atoms with Gasteiger partial charge in [-0.15, -0.1) is 0 Å². The first-order chi connectivity index (χ1) is 35.8. The summed E-state index contributed by atoms with van der Waals surface area (Å²) in [4.78, 5) is 138. The molecule has 1 aliphatic heterocycles. The summed E-state index contributed by atoms with van der Waals surface area (Å²) < 4.78 is 14.1. The van der Waals surface area contributed by atoms with Gasteiger partial charge >= 0.3 is 41.9 Å². The van der Waals surface area contributed by atoms with E-state index >= 15 is 0 Å². The van der Waals surface area contributed by atoms with Gasteiger partial charge in [0.15, 0.2) is 0 Å². The number of nitrogens with one attached hydrogen (secondary N) is 7. The monoisotopic (exact) mass is 1070 g/mol. The Hall–Kier alpha value is -8.16. The lowest BCUT2D eigenvalue weighted by Gasteiger charge is -2.25. The molecular weight excluding hydrogens is 997 g/mol. The number of carboxylic acid groups (broad SMARTS) is 1. The lowest BCUT2D eigenvalue weighted by atomic mass is 10.0. The van der Waals surface area contributed by atoms with E-state index < -0.39 is 77.7 Å². The van der Waals surface area contributed by atoms with Gasteiger partial charge in [-0.3, -0.25) is 47.9 Å². The molecule has 420 valence electrons. The molecule has 26 nitrogen and oxygen atoms in total. The molecule has 2 aromatic carbocycles. The minimum atomic E-state index is -1.02. The van der Waals surface area contributed by atoms with Crippen LogP contribution in [0.1, 0.15) is 117 Å². The number of benzene rings is 2. The number of rotatable bonds is 27. The first-order valence-corrected chi connectivity index (χ1v) is 24.5. The van der Waals surface area contributed by atoms with Crippen LogP contribution in [0.15, 0.2) is 48.5 Å². The Morgan fingerprint density at radius 1 is 0.592 bits per heavy atom. The summed E-state index contributed by atoms with van der Waals surface area (Å²) in [7, 11) is 0. The maximum absolute atomic E-state index is 13.1. The predicted octanol–water partition coefficient (Wildman–Crippen LogP) is 1.86. The number of hydrogen-bond acceptors (Lipinski definition) is 16. The van der Waals surface area contributed by atoms with Gasteiger partial charge in [0.05, 0.1) is 6.04 Å². The van der Waals surface area contributed by atoms with E-state index in [1.54, 1.807) is 62.4 Å². The van der Waals surface area contributed by atoms with E-state index in [4.69, 9.17) is 31.8 Å². The largest absolute Gasteiger partial charge is 0.481 e. The van der Waals surface area contributed by atoms with Crippen molar-refractivity contribution in [2.75, 3.05) is 23.7 Å². The van der Waals surface area contributed by atoms with Crippen LogP contribution in [0.4, 0.5) is 21.0 Å². The molecule has 1 aliphatic rings. The summed E-state index contributed by atoms with van der Waals surface area (Å²) >= 11 is 0. The number of aliphatic carboxylic acids is 1. The highest BCUT2D eigenvalue weighted by Crippen LogP contribution is 2.15. The molecule has 1 heterocycles. The highest BCUT2D eigenvalue weighted by atomic mass is 16.6. The maximum atomic E-state index is 13.1. The fourth-order valence-electron chi connectivity index (χ4n) is 6.39. The Balaban J connectivity index is 0.000000673. The third-order valence-electron chi connectivity index (χ3n) is 10.6. The van der Waals surface area contributed by atoms with Gasteiger partial charge < -0.3 is 73.7 Å². The van der Waals surface area contributed by atoms with Gasteiger partial charge in [-0.2, -0.15) is 0 Å². The van der Waals surface area contributed by atoms with Gasteiger partial charge in [0.1, 0.15) is 31.3 Å². The summed E-state index contributed by atoms with van der Waals surface area (Å²) in [5, 5.41) is 27.0. The average Bonchev–Trinajstić information content (AvgIpc) is 3.34. The summed E-state index contributed by atoms with van der Waals surface area (Å²) in [6.07, 6.45) is 2.56. The van der Waals surface area contributed by atoms with Crippen molar-refractivity contribution in [3.63, 3.8) is 0 Å². The standard InChI is InChI=1S/C25H37N5O8.C20H31N5O5.C5H6O3/c1-15(2)22(30-20(32)7-4-8-21(33)34)24(36)29-19(6-5-13-27-25(26)37)23(35)28-18-11-9-17(10-12-18)14-38-16(3)31;1-12(2)17(21)19(28)25-16(5-4-10-23-20(22)29)18(27)24-15-8-6-14(7-9-15)11-30-13(3)26;6-4-2-1-3-5(7)8-4/h9-12,15,19,22H,4-8,13-14H2,1-3H3,(H,28,35)(H,29,36)(H,30,32)(H,33,34)(H3,26,27,37);6-9,12,16-17H,4-5,10-11,21H2,1-3H3,(H,24,27)(H,25,28)(H3,22,23,29);1-3H2/t19-,22-;16-,17-;/m00./s1. The molecule has 1 fully saturated rings. The van der Waals surface area contributed by atoms with Gasteiger partial charge in [-0.05, 0) is 85.8 Å². The molecule has 2 aromatic rings. The van der Waals surface area contributed by atoms with E-state index in [1.807, 2.05) is 13.8 Å². The number of hydrogen-bond donors (Lipinski definition) is 11. The van der Waals surface area contributed by atoms with E-state index in [1.165, 1.54) is 13.8 Å². The van der Waals surface area contributed by atoms with Gasteiger partial charge in [-0.1, -0.05) is 52.0 Å². The second-order valence-corrected chi connectivity index (χ2v) is 17.9. The molecule has 0 spiro atoms. The number of ether oxygens (including phenoxy) is 3. The third-order valence-corrected chi connectivity index (χ3v) is 10.6. The van der Waals surface area contributed by atoms with Crippen molar-refractivity contribution in [1.82, 2.24) is 26.6 Å². The molecule has 4 atom stereocenters. The van der Waals surface area contributed by atoms with Gasteiger partial charge in [0.25, 0.3) is 0 Å². The number of cyclic esters (lactones) is 2. The first kappa shape index (κ1) is 65.9. The first-order valence-electron chi connectivity index (χ1n) is 24.5. The Kier molecular flexibility index (Phi) is 31.1. The molecule has 3 rings (SSSR count). The van der Waals surface area contributed by atoms with Crippen LogP contribution in [0.3, 0.4) is 0 Å².